The molecule has 0 aliphatic carbocycles. The lowest BCUT2D eigenvalue weighted by Gasteiger charge is -2.38. The number of alkyl halides is 3. The first-order valence-electron chi connectivity index (χ1n) is 9.21. The van der Waals surface area contributed by atoms with Gasteiger partial charge < -0.3 is 15.4 Å². The lowest BCUT2D eigenvalue weighted by Crippen LogP contribution is -2.52. The number of hydrogen-bond acceptors (Lipinski definition) is 3. The molecular weight excluding hydrogens is 357 g/mol. The van der Waals surface area contributed by atoms with Gasteiger partial charge in [0.1, 0.15) is 0 Å². The van der Waals surface area contributed by atoms with Gasteiger partial charge in [0.15, 0.2) is 5.96 Å². The number of hydrogen-bond donors (Lipinski definition) is 2. The van der Waals surface area contributed by atoms with Crippen LogP contribution < -0.4 is 10.6 Å². The highest BCUT2D eigenvalue weighted by molar-refractivity contribution is 5.80. The van der Waals surface area contributed by atoms with Crippen molar-refractivity contribution in [1.29, 1.82) is 0 Å². The number of likely N-dealkylation sites (tertiary alicyclic amines) is 1. The summed E-state index contributed by atoms with van der Waals surface area (Å²) in [6.07, 6.45) is -3.31. The van der Waals surface area contributed by atoms with Crippen molar-refractivity contribution in [2.45, 2.75) is 32.1 Å². The Balaban J connectivity index is 1.45. The first-order valence-corrected chi connectivity index (χ1v) is 9.21. The fraction of sp³-hybridized carbons (Fsp3) is 0.632. The highest BCUT2D eigenvalue weighted by Gasteiger charge is 2.33. The van der Waals surface area contributed by atoms with Crippen LogP contribution in [-0.2, 0) is 17.5 Å². The molecule has 150 valence electrons. The predicted molar refractivity (Wildman–Crippen MR) is 98.5 cm³/mol. The van der Waals surface area contributed by atoms with Gasteiger partial charge in [0.2, 0.25) is 0 Å². The number of nitrogens with one attached hydrogen (secondary N) is 2. The zero-order valence-electron chi connectivity index (χ0n) is 15.8. The number of guanidine groups is 1. The third kappa shape index (κ3) is 5.35. The van der Waals surface area contributed by atoms with E-state index in [1.165, 1.54) is 0 Å². The van der Waals surface area contributed by atoms with Gasteiger partial charge in [-0.2, -0.15) is 13.2 Å². The van der Waals surface area contributed by atoms with E-state index >= 15 is 0 Å². The van der Waals surface area contributed by atoms with E-state index in [-0.39, 0.29) is 11.5 Å². The molecule has 2 heterocycles. The topological polar surface area (TPSA) is 48.9 Å². The molecule has 0 radical (unpaired) electrons. The van der Waals surface area contributed by atoms with Gasteiger partial charge in [-0.3, -0.25) is 9.89 Å². The first-order chi connectivity index (χ1) is 12.8. The molecule has 0 spiro atoms. The molecule has 8 heteroatoms. The molecule has 2 aliphatic heterocycles. The van der Waals surface area contributed by atoms with Gasteiger partial charge in [-0.25, -0.2) is 0 Å². The molecule has 2 fully saturated rings. The van der Waals surface area contributed by atoms with Crippen molar-refractivity contribution in [3.8, 4) is 0 Å². The summed E-state index contributed by atoms with van der Waals surface area (Å²) in [5.41, 5.74) is 0.457. The number of nitrogens with zero attached hydrogens (tertiary/aromatic N) is 2. The molecule has 0 bridgehead atoms. The second kappa shape index (κ2) is 8.06. The normalized spacial score (nSPS) is 23.1. The zero-order chi connectivity index (χ0) is 19.5. The molecule has 2 aliphatic rings. The average Bonchev–Trinajstić information content (AvgIpc) is 3.03. The minimum absolute atomic E-state index is 0.169. The second-order valence-corrected chi connectivity index (χ2v) is 7.79. The van der Waals surface area contributed by atoms with Crippen molar-refractivity contribution >= 4 is 5.96 Å². The smallest absolute Gasteiger partial charge is 0.380 e. The second-order valence-electron chi connectivity index (χ2n) is 7.79. The monoisotopic (exact) mass is 384 g/mol. The number of rotatable bonds is 5. The quantitative estimate of drug-likeness (QED) is 0.605. The van der Waals surface area contributed by atoms with Gasteiger partial charge in [0.05, 0.1) is 18.8 Å². The van der Waals surface area contributed by atoms with Crippen LogP contribution in [0.25, 0.3) is 0 Å². The van der Waals surface area contributed by atoms with E-state index in [9.17, 15) is 13.2 Å². The van der Waals surface area contributed by atoms with Gasteiger partial charge in [-0.05, 0) is 24.1 Å². The SMILES string of the molecule is CN=C(NCC1(C)COC1)NC1CCN(Cc2ccc(C(F)(F)F)cc2)C1. The van der Waals surface area contributed by atoms with Crippen molar-refractivity contribution in [3.05, 3.63) is 35.4 Å². The van der Waals surface area contributed by atoms with Crippen LogP contribution in [0.15, 0.2) is 29.3 Å². The largest absolute Gasteiger partial charge is 0.416 e. The molecule has 2 saturated heterocycles. The lowest BCUT2D eigenvalue weighted by molar-refractivity contribution is -0.137. The van der Waals surface area contributed by atoms with Crippen LogP contribution in [0.1, 0.15) is 24.5 Å². The zero-order valence-corrected chi connectivity index (χ0v) is 15.8. The molecule has 5 nitrogen and oxygen atoms in total. The maximum absolute atomic E-state index is 12.7. The average molecular weight is 384 g/mol. The molecule has 0 saturated carbocycles. The van der Waals surface area contributed by atoms with E-state index < -0.39 is 11.7 Å². The summed E-state index contributed by atoms with van der Waals surface area (Å²) in [5.74, 6) is 0.782. The Morgan fingerprint density at radius 1 is 1.30 bits per heavy atom. The van der Waals surface area contributed by atoms with Crippen molar-refractivity contribution < 1.29 is 17.9 Å². The third-order valence-corrected chi connectivity index (χ3v) is 5.11. The van der Waals surface area contributed by atoms with Gasteiger partial charge in [-0.1, -0.05) is 19.1 Å². The summed E-state index contributed by atoms with van der Waals surface area (Å²) in [6, 6.07) is 5.70. The van der Waals surface area contributed by atoms with E-state index in [0.717, 1.165) is 62.9 Å². The predicted octanol–water partition coefficient (Wildman–Crippen LogP) is 2.48. The van der Waals surface area contributed by atoms with E-state index in [4.69, 9.17) is 4.74 Å². The summed E-state index contributed by atoms with van der Waals surface area (Å²) in [5, 5.41) is 6.80. The fourth-order valence-corrected chi connectivity index (χ4v) is 3.39. The van der Waals surface area contributed by atoms with Crippen LogP contribution in [0.4, 0.5) is 13.2 Å². The Labute approximate surface area is 158 Å². The molecule has 0 aromatic heterocycles. The molecule has 1 unspecified atom stereocenters. The standard InChI is InChI=1S/C19H27F3N4O/c1-18(12-27-13-18)11-24-17(23-2)25-16-7-8-26(10-16)9-14-3-5-15(6-4-14)19(20,21)22/h3-6,16H,7-13H2,1-2H3,(H2,23,24,25). The van der Waals surface area contributed by atoms with E-state index in [0.29, 0.717) is 6.54 Å². The number of benzene rings is 1. The van der Waals surface area contributed by atoms with Crippen LogP contribution in [0.5, 0.6) is 0 Å². The molecular formula is C19H27F3N4O. The van der Waals surface area contributed by atoms with Crippen molar-refractivity contribution in [2.75, 3.05) is 39.9 Å². The number of halogens is 3. The van der Waals surface area contributed by atoms with Crippen LogP contribution in [0, 0.1) is 5.41 Å². The first kappa shape index (κ1) is 19.9. The molecule has 1 aromatic carbocycles. The Kier molecular flexibility index (Phi) is 5.95. The van der Waals surface area contributed by atoms with E-state index in [1.807, 2.05) is 0 Å². The van der Waals surface area contributed by atoms with Crippen LogP contribution in [0.3, 0.4) is 0 Å². The maximum atomic E-state index is 12.7. The highest BCUT2D eigenvalue weighted by atomic mass is 19.4. The van der Waals surface area contributed by atoms with E-state index in [2.05, 4.69) is 27.4 Å². The Morgan fingerprint density at radius 2 is 2.00 bits per heavy atom. The molecule has 27 heavy (non-hydrogen) atoms. The van der Waals surface area contributed by atoms with Crippen molar-refractivity contribution in [3.63, 3.8) is 0 Å². The minimum atomic E-state index is -4.28. The fourth-order valence-electron chi connectivity index (χ4n) is 3.39. The van der Waals surface area contributed by atoms with Crippen molar-refractivity contribution in [1.82, 2.24) is 15.5 Å². The molecule has 1 aromatic rings. The van der Waals surface area contributed by atoms with Crippen LogP contribution in [-0.4, -0.2) is 56.8 Å². The van der Waals surface area contributed by atoms with Crippen molar-refractivity contribution in [2.24, 2.45) is 10.4 Å². The number of aliphatic imine (C=N–C) groups is 1. The summed E-state index contributed by atoms with van der Waals surface area (Å²) >= 11 is 0. The third-order valence-electron chi connectivity index (χ3n) is 5.11. The summed E-state index contributed by atoms with van der Waals surface area (Å²) in [6.45, 7) is 6.91. The Hall–Kier alpha value is -1.80. The highest BCUT2D eigenvalue weighted by Crippen LogP contribution is 2.29. The molecule has 0 amide bonds. The minimum Gasteiger partial charge on any atom is -0.380 e. The molecule has 1 atom stereocenters. The lowest BCUT2D eigenvalue weighted by atomic mass is 9.89. The van der Waals surface area contributed by atoms with Crippen LogP contribution in [0.2, 0.25) is 0 Å². The molecule has 3 rings (SSSR count). The summed E-state index contributed by atoms with van der Waals surface area (Å²) in [7, 11) is 1.75. The van der Waals surface area contributed by atoms with Crippen LogP contribution >= 0.6 is 0 Å². The van der Waals surface area contributed by atoms with Gasteiger partial charge in [0, 0.05) is 44.7 Å². The summed E-state index contributed by atoms with van der Waals surface area (Å²) in [4.78, 5) is 6.53. The maximum Gasteiger partial charge on any atom is 0.416 e. The summed E-state index contributed by atoms with van der Waals surface area (Å²) < 4.78 is 43.2. The van der Waals surface area contributed by atoms with Gasteiger partial charge in [-0.15, -0.1) is 0 Å². The Morgan fingerprint density at radius 3 is 2.56 bits per heavy atom. The molecule has 2 N–H and O–H groups in total. The number of ether oxygens (including phenoxy) is 1. The van der Waals surface area contributed by atoms with Gasteiger partial charge >= 0.3 is 6.18 Å². The Bertz CT molecular complexity index is 656. The van der Waals surface area contributed by atoms with E-state index in [1.54, 1.807) is 19.2 Å². The van der Waals surface area contributed by atoms with Gasteiger partial charge in [0.25, 0.3) is 0 Å².